The van der Waals surface area contributed by atoms with Crippen LogP contribution in [0.4, 0.5) is 0 Å². The fraction of sp³-hybridized carbons (Fsp3) is 0.438. The number of hydrogen-bond donors (Lipinski definition) is 2. The summed E-state index contributed by atoms with van der Waals surface area (Å²) in [5.74, 6) is 0.837. The number of ether oxygens (including phenoxy) is 2. The van der Waals surface area contributed by atoms with E-state index in [9.17, 15) is 10.2 Å². The molecule has 1 atom stereocenters. The molecule has 1 aromatic carbocycles. The Kier molecular flexibility index (Phi) is 6.71. The fourth-order valence-corrected chi connectivity index (χ4v) is 1.87. The second-order valence-electron chi connectivity index (χ2n) is 5.03. The average Bonchev–Trinajstić information content (AvgIpc) is 2.58. The maximum atomic E-state index is 10.0. The standard InChI is InChI=1S/C16H21N3O4/c1-2-3-6-22-8-12(20)9-23-13-4-5-14(15(21)7-13)16-18-10-17-11-19-16/h4-5,7,10-12,20-21H,2-3,6,8-9H2,1H3. The number of phenols is 1. The summed E-state index contributed by atoms with van der Waals surface area (Å²) < 4.78 is 10.8. The molecule has 1 unspecified atom stereocenters. The van der Waals surface area contributed by atoms with Crippen molar-refractivity contribution in [3.8, 4) is 22.9 Å². The van der Waals surface area contributed by atoms with Crippen LogP contribution in [-0.2, 0) is 4.74 Å². The maximum Gasteiger partial charge on any atom is 0.166 e. The first-order valence-corrected chi connectivity index (χ1v) is 7.54. The summed E-state index contributed by atoms with van der Waals surface area (Å²) in [5, 5.41) is 19.8. The van der Waals surface area contributed by atoms with Gasteiger partial charge in [-0.15, -0.1) is 0 Å². The SMILES string of the molecule is CCCCOCC(O)COc1ccc(-c2ncncn2)c(O)c1. The van der Waals surface area contributed by atoms with Gasteiger partial charge in [0.05, 0.1) is 12.2 Å². The third kappa shape index (κ3) is 5.46. The van der Waals surface area contributed by atoms with Crippen LogP contribution in [0.15, 0.2) is 30.9 Å². The van der Waals surface area contributed by atoms with Gasteiger partial charge < -0.3 is 19.7 Å². The van der Waals surface area contributed by atoms with Gasteiger partial charge in [-0.3, -0.25) is 0 Å². The average molecular weight is 319 g/mol. The van der Waals surface area contributed by atoms with E-state index in [4.69, 9.17) is 9.47 Å². The van der Waals surface area contributed by atoms with Gasteiger partial charge in [-0.05, 0) is 18.6 Å². The first-order valence-electron chi connectivity index (χ1n) is 7.54. The van der Waals surface area contributed by atoms with Crippen molar-refractivity contribution in [3.63, 3.8) is 0 Å². The number of aliphatic hydroxyl groups is 1. The summed E-state index contributed by atoms with van der Waals surface area (Å²) in [6.45, 7) is 3.04. The molecule has 0 saturated carbocycles. The molecule has 0 radical (unpaired) electrons. The third-order valence-corrected chi connectivity index (χ3v) is 3.10. The van der Waals surface area contributed by atoms with E-state index in [1.807, 2.05) is 0 Å². The van der Waals surface area contributed by atoms with Crippen LogP contribution in [0.25, 0.3) is 11.4 Å². The quantitative estimate of drug-likeness (QED) is 0.680. The van der Waals surface area contributed by atoms with Crippen LogP contribution in [0.3, 0.4) is 0 Å². The van der Waals surface area contributed by atoms with E-state index in [1.165, 1.54) is 18.7 Å². The van der Waals surface area contributed by atoms with Crippen molar-refractivity contribution in [1.29, 1.82) is 0 Å². The molecule has 124 valence electrons. The van der Waals surface area contributed by atoms with Crippen molar-refractivity contribution in [1.82, 2.24) is 15.0 Å². The van der Waals surface area contributed by atoms with Crippen molar-refractivity contribution in [2.45, 2.75) is 25.9 Å². The van der Waals surface area contributed by atoms with Crippen LogP contribution < -0.4 is 4.74 Å². The Hall–Kier alpha value is -2.25. The van der Waals surface area contributed by atoms with Crippen molar-refractivity contribution in [2.24, 2.45) is 0 Å². The molecule has 7 heteroatoms. The van der Waals surface area contributed by atoms with Crippen LogP contribution in [0, 0.1) is 0 Å². The third-order valence-electron chi connectivity index (χ3n) is 3.10. The Bertz CT molecular complexity index is 595. The minimum Gasteiger partial charge on any atom is -0.507 e. The summed E-state index contributed by atoms with van der Waals surface area (Å²) in [4.78, 5) is 11.7. The lowest BCUT2D eigenvalue weighted by atomic mass is 10.2. The molecule has 0 amide bonds. The van der Waals surface area contributed by atoms with E-state index in [-0.39, 0.29) is 19.0 Å². The molecule has 0 spiro atoms. The minimum atomic E-state index is -0.711. The van der Waals surface area contributed by atoms with E-state index in [2.05, 4.69) is 21.9 Å². The number of rotatable bonds is 9. The number of hydrogen-bond acceptors (Lipinski definition) is 7. The second-order valence-corrected chi connectivity index (χ2v) is 5.03. The molecule has 0 saturated heterocycles. The van der Waals surface area contributed by atoms with Gasteiger partial charge in [-0.1, -0.05) is 13.3 Å². The number of aromatic hydroxyl groups is 1. The van der Waals surface area contributed by atoms with Gasteiger partial charge in [0.15, 0.2) is 5.82 Å². The molecular formula is C16H21N3O4. The Morgan fingerprint density at radius 3 is 2.65 bits per heavy atom. The summed E-state index contributed by atoms with van der Waals surface area (Å²) in [6, 6.07) is 4.80. The lowest BCUT2D eigenvalue weighted by Crippen LogP contribution is -2.23. The monoisotopic (exact) mass is 319 g/mol. The predicted octanol–water partition coefficient (Wildman–Crippen LogP) is 1.80. The predicted molar refractivity (Wildman–Crippen MR) is 84.2 cm³/mol. The summed E-state index contributed by atoms with van der Waals surface area (Å²) in [6.07, 6.45) is 4.04. The lowest BCUT2D eigenvalue weighted by Gasteiger charge is -2.13. The minimum absolute atomic E-state index is 0.00221. The van der Waals surface area contributed by atoms with Crippen molar-refractivity contribution in [2.75, 3.05) is 19.8 Å². The highest BCUT2D eigenvalue weighted by molar-refractivity contribution is 5.64. The van der Waals surface area contributed by atoms with Gasteiger partial charge >= 0.3 is 0 Å². The summed E-state index contributed by atoms with van der Waals surface area (Å²) in [7, 11) is 0. The van der Waals surface area contributed by atoms with Crippen molar-refractivity contribution >= 4 is 0 Å². The van der Waals surface area contributed by atoms with Gasteiger partial charge in [0.25, 0.3) is 0 Å². The molecular weight excluding hydrogens is 298 g/mol. The molecule has 0 aliphatic carbocycles. The number of nitrogens with zero attached hydrogens (tertiary/aromatic N) is 3. The summed E-state index contributed by atoms with van der Waals surface area (Å²) in [5.41, 5.74) is 0.489. The highest BCUT2D eigenvalue weighted by atomic mass is 16.5. The number of unbranched alkanes of at least 4 members (excludes halogenated alkanes) is 1. The molecule has 2 aromatic rings. The molecule has 0 bridgehead atoms. The zero-order valence-electron chi connectivity index (χ0n) is 13.1. The molecule has 1 aromatic heterocycles. The molecule has 0 aliphatic heterocycles. The smallest absolute Gasteiger partial charge is 0.166 e. The summed E-state index contributed by atoms with van der Waals surface area (Å²) >= 11 is 0. The van der Waals surface area contributed by atoms with Crippen LogP contribution in [0.5, 0.6) is 11.5 Å². The van der Waals surface area contributed by atoms with E-state index in [1.54, 1.807) is 12.1 Å². The molecule has 7 nitrogen and oxygen atoms in total. The fourth-order valence-electron chi connectivity index (χ4n) is 1.87. The second kappa shape index (κ2) is 9.02. The number of aliphatic hydroxyl groups excluding tert-OH is 1. The van der Waals surface area contributed by atoms with Crippen LogP contribution >= 0.6 is 0 Å². The zero-order chi connectivity index (χ0) is 16.5. The van der Waals surface area contributed by atoms with Gasteiger partial charge in [-0.2, -0.15) is 0 Å². The van der Waals surface area contributed by atoms with E-state index >= 15 is 0 Å². The van der Waals surface area contributed by atoms with Crippen LogP contribution in [0.1, 0.15) is 19.8 Å². The first kappa shape index (κ1) is 17.1. The van der Waals surface area contributed by atoms with Gasteiger partial charge in [-0.25, -0.2) is 15.0 Å². The molecule has 2 rings (SSSR count). The largest absolute Gasteiger partial charge is 0.507 e. The zero-order valence-corrected chi connectivity index (χ0v) is 13.1. The Morgan fingerprint density at radius 1 is 1.17 bits per heavy atom. The molecule has 2 N–H and O–H groups in total. The highest BCUT2D eigenvalue weighted by Gasteiger charge is 2.10. The van der Waals surface area contributed by atoms with E-state index in [0.717, 1.165) is 12.8 Å². The topological polar surface area (TPSA) is 97.6 Å². The molecule has 1 heterocycles. The van der Waals surface area contributed by atoms with Gasteiger partial charge in [0.1, 0.15) is 36.9 Å². The first-order chi connectivity index (χ1) is 11.2. The molecule has 0 fully saturated rings. The molecule has 0 aliphatic rings. The van der Waals surface area contributed by atoms with Crippen LogP contribution in [0.2, 0.25) is 0 Å². The van der Waals surface area contributed by atoms with Gasteiger partial charge in [0.2, 0.25) is 0 Å². The number of aromatic nitrogens is 3. The number of benzene rings is 1. The van der Waals surface area contributed by atoms with Gasteiger partial charge in [0, 0.05) is 12.7 Å². The maximum absolute atomic E-state index is 10.0. The van der Waals surface area contributed by atoms with Crippen molar-refractivity contribution < 1.29 is 19.7 Å². The normalized spacial score (nSPS) is 12.1. The Morgan fingerprint density at radius 2 is 1.96 bits per heavy atom. The lowest BCUT2D eigenvalue weighted by molar-refractivity contribution is 0.0113. The van der Waals surface area contributed by atoms with Crippen molar-refractivity contribution in [3.05, 3.63) is 30.9 Å². The highest BCUT2D eigenvalue weighted by Crippen LogP contribution is 2.29. The van der Waals surface area contributed by atoms with E-state index in [0.29, 0.717) is 23.7 Å². The Balaban J connectivity index is 1.86. The van der Waals surface area contributed by atoms with E-state index < -0.39 is 6.10 Å². The van der Waals surface area contributed by atoms with Crippen LogP contribution in [-0.4, -0.2) is 51.1 Å². The molecule has 23 heavy (non-hydrogen) atoms. The Labute approximate surface area is 135 Å². The number of phenolic OH excluding ortho intramolecular Hbond substituents is 1.